The smallest absolute Gasteiger partial charge is 0.238 e. The first kappa shape index (κ1) is 24.4. The predicted octanol–water partition coefficient (Wildman–Crippen LogP) is 5.96. The molecule has 0 fully saturated rings. The van der Waals surface area contributed by atoms with Crippen LogP contribution in [0.3, 0.4) is 0 Å². The van der Waals surface area contributed by atoms with E-state index in [1.807, 2.05) is 20.8 Å². The van der Waals surface area contributed by atoms with E-state index in [2.05, 4.69) is 64.3 Å². The summed E-state index contributed by atoms with van der Waals surface area (Å²) in [7, 11) is 0. The number of nitriles is 1. The first-order valence-electron chi connectivity index (χ1n) is 10.5. The third kappa shape index (κ3) is 5.55. The van der Waals surface area contributed by atoms with Crippen molar-refractivity contribution in [1.29, 1.82) is 5.26 Å². The van der Waals surface area contributed by atoms with E-state index < -0.39 is 0 Å². The number of aromatic nitrogens is 3. The molecule has 9 heteroatoms. The summed E-state index contributed by atoms with van der Waals surface area (Å²) in [5, 5.41) is 22.2. The molecular formula is C23H27N5OS3. The lowest BCUT2D eigenvalue weighted by Crippen LogP contribution is -2.25. The zero-order valence-electron chi connectivity index (χ0n) is 18.9. The van der Waals surface area contributed by atoms with Gasteiger partial charge in [0.25, 0.3) is 0 Å². The van der Waals surface area contributed by atoms with Crippen molar-refractivity contribution in [3.63, 3.8) is 0 Å². The minimum atomic E-state index is -0.323. The summed E-state index contributed by atoms with van der Waals surface area (Å²) in [5.74, 6) is 1.50. The van der Waals surface area contributed by atoms with Crippen LogP contribution >= 0.6 is 34.9 Å². The molecule has 0 aliphatic heterocycles. The summed E-state index contributed by atoms with van der Waals surface area (Å²) in [4.78, 5) is 15.2. The normalized spacial score (nSPS) is 11.9. The van der Waals surface area contributed by atoms with Crippen LogP contribution in [0.4, 0.5) is 5.00 Å². The van der Waals surface area contributed by atoms with Gasteiger partial charge in [-0.15, -0.1) is 33.3 Å². The minimum Gasteiger partial charge on any atom is -0.316 e. The Labute approximate surface area is 201 Å². The summed E-state index contributed by atoms with van der Waals surface area (Å²) >= 11 is 4.60. The molecule has 1 unspecified atom stereocenters. The Bertz CT molecular complexity index is 1130. The van der Waals surface area contributed by atoms with Crippen molar-refractivity contribution in [1.82, 2.24) is 14.8 Å². The molecule has 1 atom stereocenters. The van der Waals surface area contributed by atoms with E-state index in [0.29, 0.717) is 22.7 Å². The number of aryl methyl sites for hydroxylation is 2. The van der Waals surface area contributed by atoms with Gasteiger partial charge in [0.2, 0.25) is 5.91 Å². The Morgan fingerprint density at radius 1 is 1.22 bits per heavy atom. The van der Waals surface area contributed by atoms with Crippen LogP contribution in [0.2, 0.25) is 0 Å². The van der Waals surface area contributed by atoms with Gasteiger partial charge >= 0.3 is 0 Å². The molecule has 0 saturated heterocycles. The van der Waals surface area contributed by atoms with Gasteiger partial charge in [-0.25, -0.2) is 0 Å². The molecular weight excluding hydrogens is 458 g/mol. The van der Waals surface area contributed by atoms with E-state index in [4.69, 9.17) is 0 Å². The van der Waals surface area contributed by atoms with Gasteiger partial charge in [-0.2, -0.15) is 5.26 Å². The second-order valence-electron chi connectivity index (χ2n) is 7.35. The van der Waals surface area contributed by atoms with Crippen molar-refractivity contribution in [3.05, 3.63) is 51.7 Å². The van der Waals surface area contributed by atoms with E-state index in [9.17, 15) is 10.1 Å². The van der Waals surface area contributed by atoms with Crippen molar-refractivity contribution in [2.24, 2.45) is 0 Å². The second kappa shape index (κ2) is 11.0. The van der Waals surface area contributed by atoms with Crippen LogP contribution in [-0.4, -0.2) is 25.9 Å². The number of anilines is 1. The Balaban J connectivity index is 1.70. The molecule has 1 aromatic carbocycles. The summed E-state index contributed by atoms with van der Waals surface area (Å²) < 4.78 is 2.07. The molecule has 168 valence electrons. The Morgan fingerprint density at radius 2 is 1.94 bits per heavy atom. The highest BCUT2D eigenvalue weighted by molar-refractivity contribution is 8.00. The number of rotatable bonds is 9. The largest absolute Gasteiger partial charge is 0.316 e. The van der Waals surface area contributed by atoms with Crippen molar-refractivity contribution < 1.29 is 4.79 Å². The molecule has 32 heavy (non-hydrogen) atoms. The van der Waals surface area contributed by atoms with Crippen LogP contribution in [0.5, 0.6) is 0 Å². The lowest BCUT2D eigenvalue weighted by atomic mass is 10.2. The average Bonchev–Trinajstić information content (AvgIpc) is 3.30. The summed E-state index contributed by atoms with van der Waals surface area (Å²) in [6, 6.07) is 10.6. The van der Waals surface area contributed by atoms with E-state index in [1.165, 1.54) is 33.6 Å². The maximum absolute atomic E-state index is 13.0. The molecule has 3 aromatic rings. The fourth-order valence-corrected chi connectivity index (χ4v) is 5.99. The average molecular weight is 486 g/mol. The number of benzene rings is 1. The Morgan fingerprint density at radius 3 is 2.56 bits per heavy atom. The molecule has 6 nitrogen and oxygen atoms in total. The number of carbonyl (C=O) groups is 1. The molecule has 2 heterocycles. The highest BCUT2D eigenvalue weighted by Gasteiger charge is 2.24. The standard InChI is InChI=1S/C23H27N5OS3/c1-6-19(21(29)25-22-18(12-24)15(4)16(5)31-22)32-23-27-26-20(28(23)7-2)13-30-17-10-8-14(3)9-11-17/h8-11,19H,6-7,13H2,1-5H3,(H,25,29). The zero-order chi connectivity index (χ0) is 23.3. The quantitative estimate of drug-likeness (QED) is 0.377. The predicted molar refractivity (Wildman–Crippen MR) is 134 cm³/mol. The van der Waals surface area contributed by atoms with Gasteiger partial charge in [0, 0.05) is 16.3 Å². The van der Waals surface area contributed by atoms with Gasteiger partial charge in [-0.05, 0) is 51.8 Å². The highest BCUT2D eigenvalue weighted by atomic mass is 32.2. The number of thiophene rings is 1. The first-order valence-corrected chi connectivity index (χ1v) is 13.1. The number of amides is 1. The van der Waals surface area contributed by atoms with Crippen LogP contribution < -0.4 is 5.32 Å². The fraction of sp³-hybridized carbons (Fsp3) is 0.391. The number of hydrogen-bond donors (Lipinski definition) is 1. The zero-order valence-corrected chi connectivity index (χ0v) is 21.4. The van der Waals surface area contributed by atoms with Gasteiger partial charge in [0.05, 0.1) is 16.6 Å². The number of hydrogen-bond acceptors (Lipinski definition) is 7. The summed E-state index contributed by atoms with van der Waals surface area (Å²) in [6.45, 7) is 10.7. The van der Waals surface area contributed by atoms with E-state index >= 15 is 0 Å². The lowest BCUT2D eigenvalue weighted by Gasteiger charge is -2.14. The van der Waals surface area contributed by atoms with E-state index in [1.54, 1.807) is 11.8 Å². The topological polar surface area (TPSA) is 83.6 Å². The van der Waals surface area contributed by atoms with Crippen molar-refractivity contribution in [2.75, 3.05) is 5.32 Å². The van der Waals surface area contributed by atoms with Gasteiger partial charge in [-0.3, -0.25) is 4.79 Å². The molecule has 3 rings (SSSR count). The molecule has 0 bridgehead atoms. The van der Waals surface area contributed by atoms with Crippen LogP contribution in [0, 0.1) is 32.1 Å². The van der Waals surface area contributed by atoms with Crippen molar-refractivity contribution in [2.45, 2.75) is 68.6 Å². The number of nitrogens with one attached hydrogen (secondary N) is 1. The Kier molecular flexibility index (Phi) is 8.40. The van der Waals surface area contributed by atoms with Gasteiger partial charge < -0.3 is 9.88 Å². The highest BCUT2D eigenvalue weighted by Crippen LogP contribution is 2.33. The summed E-state index contributed by atoms with van der Waals surface area (Å²) in [6.07, 6.45) is 0.645. The molecule has 2 aromatic heterocycles. The molecule has 1 amide bonds. The first-order chi connectivity index (χ1) is 15.4. The number of nitrogens with zero attached hydrogens (tertiary/aromatic N) is 4. The molecule has 0 saturated carbocycles. The molecule has 0 aliphatic carbocycles. The maximum atomic E-state index is 13.0. The third-order valence-corrected chi connectivity index (χ3v) is 8.62. The monoisotopic (exact) mass is 485 g/mol. The van der Waals surface area contributed by atoms with Crippen molar-refractivity contribution >= 4 is 45.8 Å². The van der Waals surface area contributed by atoms with Crippen LogP contribution in [0.15, 0.2) is 34.3 Å². The number of carbonyl (C=O) groups excluding carboxylic acids is 1. The summed E-state index contributed by atoms with van der Waals surface area (Å²) in [5.41, 5.74) is 2.71. The lowest BCUT2D eigenvalue weighted by molar-refractivity contribution is -0.115. The number of thioether (sulfide) groups is 2. The van der Waals surface area contributed by atoms with E-state index in [-0.39, 0.29) is 11.2 Å². The van der Waals surface area contributed by atoms with Crippen molar-refractivity contribution in [3.8, 4) is 6.07 Å². The van der Waals surface area contributed by atoms with Gasteiger partial charge in [0.1, 0.15) is 16.9 Å². The SMILES string of the molecule is CCC(Sc1nnc(CSc2ccc(C)cc2)n1CC)C(=O)Nc1sc(C)c(C)c1C#N. The van der Waals surface area contributed by atoms with Gasteiger partial charge in [-0.1, -0.05) is 36.4 Å². The van der Waals surface area contributed by atoms with Crippen LogP contribution in [0.1, 0.15) is 47.7 Å². The van der Waals surface area contributed by atoms with Crippen LogP contribution in [0.25, 0.3) is 0 Å². The molecule has 1 N–H and O–H groups in total. The molecule has 0 aliphatic rings. The molecule has 0 spiro atoms. The fourth-order valence-electron chi connectivity index (χ4n) is 3.10. The molecule has 0 radical (unpaired) electrons. The Hall–Kier alpha value is -2.28. The van der Waals surface area contributed by atoms with Gasteiger partial charge in [0.15, 0.2) is 5.16 Å². The van der Waals surface area contributed by atoms with E-state index in [0.717, 1.165) is 28.0 Å². The van der Waals surface area contributed by atoms with Crippen LogP contribution in [-0.2, 0) is 17.1 Å². The maximum Gasteiger partial charge on any atom is 0.238 e. The third-order valence-electron chi connectivity index (χ3n) is 5.14. The second-order valence-corrected chi connectivity index (χ2v) is 10.8. The minimum absolute atomic E-state index is 0.114.